The molecule has 0 unspecified atom stereocenters. The van der Waals surface area contributed by atoms with Crippen LogP contribution in [0.2, 0.25) is 0 Å². The standard InChI is InChI=1S/C19H23N5OS/c1-4-18-21-23-24(22-18)16-10-11-17(25-3)14(12-16)8-6-7-9-15-13-26-19(5-2)20-15/h6,8,10-13H,4-5,7,9H2,1-3H3/b8-6+. The van der Waals surface area contributed by atoms with Gasteiger partial charge in [0, 0.05) is 17.4 Å². The van der Waals surface area contributed by atoms with Crippen LogP contribution in [-0.4, -0.2) is 32.3 Å². The second kappa shape index (κ2) is 8.71. The van der Waals surface area contributed by atoms with E-state index in [1.54, 1.807) is 23.2 Å². The first-order valence-electron chi connectivity index (χ1n) is 8.80. The van der Waals surface area contributed by atoms with Crippen molar-refractivity contribution in [3.05, 3.63) is 51.7 Å². The highest BCUT2D eigenvalue weighted by Gasteiger charge is 2.07. The number of hydrogen-bond donors (Lipinski definition) is 0. The number of aromatic nitrogens is 5. The molecule has 3 aromatic rings. The van der Waals surface area contributed by atoms with Crippen molar-refractivity contribution in [1.29, 1.82) is 0 Å². The zero-order valence-electron chi connectivity index (χ0n) is 15.3. The molecule has 0 bridgehead atoms. The van der Waals surface area contributed by atoms with Crippen LogP contribution in [0.4, 0.5) is 0 Å². The molecule has 136 valence electrons. The molecule has 0 saturated heterocycles. The van der Waals surface area contributed by atoms with Crippen LogP contribution >= 0.6 is 11.3 Å². The Hall–Kier alpha value is -2.54. The molecule has 0 N–H and O–H groups in total. The van der Waals surface area contributed by atoms with E-state index in [4.69, 9.17) is 4.74 Å². The monoisotopic (exact) mass is 369 g/mol. The van der Waals surface area contributed by atoms with Crippen molar-refractivity contribution in [3.8, 4) is 11.4 Å². The minimum Gasteiger partial charge on any atom is -0.496 e. The molecule has 0 atom stereocenters. The Morgan fingerprint density at radius 3 is 2.81 bits per heavy atom. The fourth-order valence-corrected chi connectivity index (χ4v) is 3.32. The number of thiazole rings is 1. The molecule has 0 aliphatic rings. The molecule has 0 amide bonds. The van der Waals surface area contributed by atoms with Crippen molar-refractivity contribution in [3.63, 3.8) is 0 Å². The maximum Gasteiger partial charge on any atom is 0.174 e. The highest BCUT2D eigenvalue weighted by Crippen LogP contribution is 2.23. The van der Waals surface area contributed by atoms with Crippen LogP contribution in [0.1, 0.15) is 42.4 Å². The van der Waals surface area contributed by atoms with Gasteiger partial charge in [-0.25, -0.2) is 4.98 Å². The molecule has 26 heavy (non-hydrogen) atoms. The summed E-state index contributed by atoms with van der Waals surface area (Å²) >= 11 is 1.74. The maximum absolute atomic E-state index is 5.47. The average Bonchev–Trinajstić information content (AvgIpc) is 3.34. The fourth-order valence-electron chi connectivity index (χ4n) is 2.54. The molecule has 0 radical (unpaired) electrons. The molecule has 0 aliphatic heterocycles. The normalized spacial score (nSPS) is 11.3. The highest BCUT2D eigenvalue weighted by atomic mass is 32.1. The van der Waals surface area contributed by atoms with Crippen LogP contribution in [0.25, 0.3) is 11.8 Å². The molecule has 7 heteroatoms. The molecule has 2 heterocycles. The number of allylic oxidation sites excluding steroid dienone is 1. The van der Waals surface area contributed by atoms with Gasteiger partial charge in [0.25, 0.3) is 0 Å². The summed E-state index contributed by atoms with van der Waals surface area (Å²) in [6, 6.07) is 5.87. The molecular formula is C19H23N5OS. The molecule has 6 nitrogen and oxygen atoms in total. The van der Waals surface area contributed by atoms with E-state index < -0.39 is 0 Å². The van der Waals surface area contributed by atoms with Crippen molar-refractivity contribution < 1.29 is 4.74 Å². The van der Waals surface area contributed by atoms with Gasteiger partial charge in [0.05, 0.1) is 23.5 Å². The van der Waals surface area contributed by atoms with Gasteiger partial charge >= 0.3 is 0 Å². The Morgan fingerprint density at radius 1 is 1.23 bits per heavy atom. The van der Waals surface area contributed by atoms with Gasteiger partial charge in [0.2, 0.25) is 0 Å². The van der Waals surface area contributed by atoms with Crippen molar-refractivity contribution in [2.24, 2.45) is 0 Å². The van der Waals surface area contributed by atoms with E-state index in [1.165, 1.54) is 5.01 Å². The van der Waals surface area contributed by atoms with Gasteiger partial charge in [0.1, 0.15) is 5.75 Å². The minimum absolute atomic E-state index is 0.729. The summed E-state index contributed by atoms with van der Waals surface area (Å²) in [5.74, 6) is 1.55. The Balaban J connectivity index is 1.71. The van der Waals surface area contributed by atoms with Crippen LogP contribution in [0.5, 0.6) is 5.75 Å². The summed E-state index contributed by atoms with van der Waals surface area (Å²) in [4.78, 5) is 6.16. The number of nitrogens with zero attached hydrogens (tertiary/aromatic N) is 5. The second-order valence-corrected chi connectivity index (χ2v) is 6.74. The third-order valence-corrected chi connectivity index (χ3v) is 5.02. The number of tetrazole rings is 1. The molecule has 3 rings (SSSR count). The Bertz CT molecular complexity index is 884. The fraction of sp³-hybridized carbons (Fsp3) is 0.368. The maximum atomic E-state index is 5.47. The Labute approximate surface area is 157 Å². The molecule has 0 aliphatic carbocycles. The first-order valence-corrected chi connectivity index (χ1v) is 9.68. The highest BCUT2D eigenvalue weighted by molar-refractivity contribution is 7.09. The van der Waals surface area contributed by atoms with E-state index in [1.807, 2.05) is 25.1 Å². The molecule has 2 aromatic heterocycles. The first kappa shape index (κ1) is 18.3. The quantitative estimate of drug-likeness (QED) is 0.602. The largest absolute Gasteiger partial charge is 0.496 e. The van der Waals surface area contributed by atoms with Crippen molar-refractivity contribution in [2.45, 2.75) is 39.5 Å². The molecular weight excluding hydrogens is 346 g/mol. The van der Waals surface area contributed by atoms with Gasteiger partial charge in [-0.05, 0) is 42.7 Å². The van der Waals surface area contributed by atoms with Crippen LogP contribution < -0.4 is 4.74 Å². The molecule has 0 saturated carbocycles. The Morgan fingerprint density at radius 2 is 2.12 bits per heavy atom. The third-order valence-electron chi connectivity index (χ3n) is 3.98. The Kier molecular flexibility index (Phi) is 6.12. The number of aryl methyl sites for hydroxylation is 3. The second-order valence-electron chi connectivity index (χ2n) is 5.80. The van der Waals surface area contributed by atoms with Gasteiger partial charge in [-0.1, -0.05) is 26.0 Å². The van der Waals surface area contributed by atoms with Gasteiger partial charge in [-0.2, -0.15) is 0 Å². The summed E-state index contributed by atoms with van der Waals surface area (Å²) in [7, 11) is 1.68. The SMILES string of the molecule is CCc1nnn(-c2ccc(OC)c(/C=C/CCc3csc(CC)n3)c2)n1. The molecule has 1 aromatic carbocycles. The molecule has 0 fully saturated rings. The lowest BCUT2D eigenvalue weighted by Crippen LogP contribution is -2.00. The first-order chi connectivity index (χ1) is 12.7. The topological polar surface area (TPSA) is 65.7 Å². The number of ether oxygens (including phenoxy) is 1. The van der Waals surface area contributed by atoms with E-state index in [0.29, 0.717) is 0 Å². The van der Waals surface area contributed by atoms with Crippen molar-refractivity contribution in [2.75, 3.05) is 7.11 Å². The van der Waals surface area contributed by atoms with Crippen LogP contribution in [0, 0.1) is 0 Å². The predicted octanol–water partition coefficient (Wildman–Crippen LogP) is 3.90. The minimum atomic E-state index is 0.729. The van der Waals surface area contributed by atoms with E-state index in [-0.39, 0.29) is 0 Å². The lowest BCUT2D eigenvalue weighted by molar-refractivity contribution is 0.413. The van der Waals surface area contributed by atoms with E-state index in [9.17, 15) is 0 Å². The van der Waals surface area contributed by atoms with Gasteiger partial charge in [-0.3, -0.25) is 0 Å². The van der Waals surface area contributed by atoms with Crippen LogP contribution in [0.3, 0.4) is 0 Å². The summed E-state index contributed by atoms with van der Waals surface area (Å²) < 4.78 is 5.47. The van der Waals surface area contributed by atoms with Gasteiger partial charge in [0.15, 0.2) is 5.82 Å². The van der Waals surface area contributed by atoms with Crippen LogP contribution in [-0.2, 0) is 19.3 Å². The molecule has 0 spiro atoms. The van der Waals surface area contributed by atoms with Gasteiger partial charge < -0.3 is 4.74 Å². The zero-order chi connectivity index (χ0) is 18.4. The third kappa shape index (κ3) is 4.35. The van der Waals surface area contributed by atoms with Gasteiger partial charge in [-0.15, -0.1) is 26.3 Å². The van der Waals surface area contributed by atoms with Crippen molar-refractivity contribution >= 4 is 17.4 Å². The number of benzene rings is 1. The lowest BCUT2D eigenvalue weighted by atomic mass is 10.1. The van der Waals surface area contributed by atoms with E-state index >= 15 is 0 Å². The van der Waals surface area contributed by atoms with Crippen LogP contribution in [0.15, 0.2) is 29.7 Å². The predicted molar refractivity (Wildman–Crippen MR) is 104 cm³/mol. The summed E-state index contributed by atoms with van der Waals surface area (Å²) in [5.41, 5.74) is 3.02. The van der Waals surface area contributed by atoms with E-state index in [0.717, 1.165) is 54.2 Å². The summed E-state index contributed by atoms with van der Waals surface area (Å²) in [6.45, 7) is 4.14. The summed E-state index contributed by atoms with van der Waals surface area (Å²) in [5, 5.41) is 15.8. The smallest absolute Gasteiger partial charge is 0.174 e. The average molecular weight is 369 g/mol. The zero-order valence-corrected chi connectivity index (χ0v) is 16.2. The number of hydrogen-bond acceptors (Lipinski definition) is 6. The number of rotatable bonds is 8. The van der Waals surface area contributed by atoms with Crippen molar-refractivity contribution in [1.82, 2.24) is 25.2 Å². The number of methoxy groups -OCH3 is 1. The lowest BCUT2D eigenvalue weighted by Gasteiger charge is -2.07. The summed E-state index contributed by atoms with van der Waals surface area (Å²) in [6.07, 6.45) is 7.87. The van der Waals surface area contributed by atoms with E-state index in [2.05, 4.69) is 44.9 Å².